The molecule has 1 aromatic carbocycles. The number of sulfonamides is 1. The third kappa shape index (κ3) is 4.61. The lowest BCUT2D eigenvalue weighted by Gasteiger charge is -2.15. The van der Waals surface area contributed by atoms with Crippen LogP contribution in [0.5, 0.6) is 0 Å². The van der Waals surface area contributed by atoms with Crippen molar-refractivity contribution in [1.29, 1.82) is 0 Å². The summed E-state index contributed by atoms with van der Waals surface area (Å²) in [5.74, 6) is 0.737. The van der Waals surface area contributed by atoms with Gasteiger partial charge in [0.15, 0.2) is 5.82 Å². The van der Waals surface area contributed by atoms with Gasteiger partial charge in [-0.05, 0) is 24.3 Å². The Kier molecular flexibility index (Phi) is 5.97. The van der Waals surface area contributed by atoms with Crippen molar-refractivity contribution in [2.45, 2.75) is 18.0 Å². The monoisotopic (exact) mass is 519 g/mol. The van der Waals surface area contributed by atoms with Crippen LogP contribution >= 0.6 is 23.2 Å². The highest BCUT2D eigenvalue weighted by molar-refractivity contribution is 7.92. The van der Waals surface area contributed by atoms with Gasteiger partial charge in [-0.3, -0.25) is 9.29 Å². The van der Waals surface area contributed by atoms with Crippen LogP contribution in [0.4, 0.5) is 18.9 Å². The second-order valence-electron chi connectivity index (χ2n) is 7.05. The number of halogens is 5. The van der Waals surface area contributed by atoms with Gasteiger partial charge >= 0.3 is 6.18 Å². The van der Waals surface area contributed by atoms with Crippen molar-refractivity contribution in [3.8, 4) is 11.5 Å². The van der Waals surface area contributed by atoms with Gasteiger partial charge in [0, 0.05) is 18.7 Å². The molecule has 3 aromatic rings. The quantitative estimate of drug-likeness (QED) is 0.540. The topological polar surface area (TPSA) is 114 Å². The third-order valence-electron chi connectivity index (χ3n) is 4.69. The molecule has 1 atom stereocenters. The number of hydrogen-bond acceptors (Lipinski definition) is 7. The molecule has 2 aromatic heterocycles. The Bertz CT molecular complexity index is 1360. The number of hydrogen-bond donors (Lipinski definition) is 2. The van der Waals surface area contributed by atoms with E-state index in [4.69, 9.17) is 23.2 Å². The van der Waals surface area contributed by atoms with Crippen LogP contribution in [0, 0.1) is 5.92 Å². The molecule has 0 saturated heterocycles. The van der Waals surface area contributed by atoms with Crippen molar-refractivity contribution >= 4 is 44.7 Å². The molecule has 0 spiro atoms. The average molecular weight is 520 g/mol. The minimum absolute atomic E-state index is 0.00190. The molecule has 1 aliphatic rings. The SMILES string of the molecule is CC1CNN=C1n1cnnc1-c1ncc(Cl)cc1NS(=O)(=O)c1ccc(Cl)c(C(F)(F)F)c1. The molecule has 0 amide bonds. The minimum Gasteiger partial charge on any atom is -0.308 e. The van der Waals surface area contributed by atoms with Crippen LogP contribution in [0.1, 0.15) is 12.5 Å². The number of aromatic nitrogens is 4. The number of nitrogens with zero attached hydrogens (tertiary/aromatic N) is 5. The molecule has 0 radical (unpaired) electrons. The fraction of sp³-hybridized carbons (Fsp3) is 0.222. The van der Waals surface area contributed by atoms with E-state index in [1.54, 1.807) is 0 Å². The lowest BCUT2D eigenvalue weighted by molar-refractivity contribution is -0.137. The lowest BCUT2D eigenvalue weighted by Crippen LogP contribution is -2.20. The summed E-state index contributed by atoms with van der Waals surface area (Å²) in [5, 5.41) is 11.5. The summed E-state index contributed by atoms with van der Waals surface area (Å²) in [5.41, 5.74) is 1.51. The van der Waals surface area contributed by atoms with Crippen molar-refractivity contribution in [2.24, 2.45) is 11.0 Å². The molecule has 1 unspecified atom stereocenters. The Morgan fingerprint density at radius 1 is 1.24 bits per heavy atom. The van der Waals surface area contributed by atoms with Gasteiger partial charge in [-0.25, -0.2) is 13.4 Å². The number of anilines is 1. The number of pyridine rings is 1. The van der Waals surface area contributed by atoms with E-state index in [-0.39, 0.29) is 28.1 Å². The Morgan fingerprint density at radius 2 is 2.00 bits per heavy atom. The summed E-state index contributed by atoms with van der Waals surface area (Å²) < 4.78 is 69.3. The Labute approximate surface area is 195 Å². The molecule has 4 rings (SSSR count). The summed E-state index contributed by atoms with van der Waals surface area (Å²) in [7, 11) is -4.49. The second-order valence-corrected chi connectivity index (χ2v) is 9.58. The number of alkyl halides is 3. The highest BCUT2D eigenvalue weighted by Crippen LogP contribution is 2.37. The van der Waals surface area contributed by atoms with Crippen molar-refractivity contribution in [2.75, 3.05) is 11.3 Å². The van der Waals surface area contributed by atoms with Crippen LogP contribution in [0.25, 0.3) is 11.5 Å². The number of benzene rings is 1. The second kappa shape index (κ2) is 8.47. The van der Waals surface area contributed by atoms with Crippen molar-refractivity contribution < 1.29 is 21.6 Å². The van der Waals surface area contributed by atoms with Crippen LogP contribution in [0.3, 0.4) is 0 Å². The summed E-state index contributed by atoms with van der Waals surface area (Å²) in [6.45, 7) is 2.50. The smallest absolute Gasteiger partial charge is 0.308 e. The van der Waals surface area contributed by atoms with Crippen molar-refractivity contribution in [1.82, 2.24) is 25.2 Å². The molecule has 0 saturated carbocycles. The van der Waals surface area contributed by atoms with Crippen LogP contribution in [0.15, 0.2) is 46.8 Å². The van der Waals surface area contributed by atoms with Crippen molar-refractivity contribution in [3.05, 3.63) is 52.4 Å². The maximum atomic E-state index is 13.2. The van der Waals surface area contributed by atoms with Gasteiger partial charge in [0.05, 0.1) is 26.2 Å². The van der Waals surface area contributed by atoms with Gasteiger partial charge in [-0.1, -0.05) is 30.1 Å². The van der Waals surface area contributed by atoms with Gasteiger partial charge in [0.2, 0.25) is 0 Å². The molecular formula is C18H14Cl2F3N7O2S. The fourth-order valence-electron chi connectivity index (χ4n) is 3.11. The van der Waals surface area contributed by atoms with E-state index in [2.05, 4.69) is 30.4 Å². The zero-order valence-electron chi connectivity index (χ0n) is 16.6. The third-order valence-corrected chi connectivity index (χ3v) is 6.59. The highest BCUT2D eigenvalue weighted by Gasteiger charge is 2.35. The van der Waals surface area contributed by atoms with Gasteiger partial charge in [-0.2, -0.15) is 18.3 Å². The van der Waals surface area contributed by atoms with Gasteiger partial charge in [0.25, 0.3) is 10.0 Å². The normalized spacial score (nSPS) is 16.4. The average Bonchev–Trinajstić information content (AvgIpc) is 3.35. The number of hydrazone groups is 1. The molecule has 2 N–H and O–H groups in total. The van der Waals surface area contributed by atoms with Crippen LogP contribution < -0.4 is 10.1 Å². The predicted octanol–water partition coefficient (Wildman–Crippen LogP) is 3.87. The first-order valence-corrected chi connectivity index (χ1v) is 11.5. The van der Waals surface area contributed by atoms with E-state index < -0.39 is 31.7 Å². The molecule has 3 heterocycles. The largest absolute Gasteiger partial charge is 0.417 e. The maximum absolute atomic E-state index is 13.2. The first-order chi connectivity index (χ1) is 15.5. The molecule has 15 heteroatoms. The number of rotatable bonds is 4. The van der Waals surface area contributed by atoms with E-state index in [0.29, 0.717) is 18.4 Å². The van der Waals surface area contributed by atoms with E-state index in [0.717, 1.165) is 12.1 Å². The maximum Gasteiger partial charge on any atom is 0.417 e. The molecule has 0 bridgehead atoms. The summed E-state index contributed by atoms with van der Waals surface area (Å²) >= 11 is 11.6. The molecular weight excluding hydrogens is 506 g/mol. The Hall–Kier alpha value is -2.90. The summed E-state index contributed by atoms with van der Waals surface area (Å²) in [6.07, 6.45) is -2.18. The lowest BCUT2D eigenvalue weighted by atomic mass is 10.1. The minimum atomic E-state index is -4.84. The van der Waals surface area contributed by atoms with Crippen LogP contribution in [-0.4, -0.2) is 40.5 Å². The molecule has 33 heavy (non-hydrogen) atoms. The van der Waals surface area contributed by atoms with Crippen molar-refractivity contribution in [3.63, 3.8) is 0 Å². The van der Waals surface area contributed by atoms with Crippen LogP contribution in [0.2, 0.25) is 10.0 Å². The first kappa shape index (κ1) is 23.3. The number of nitrogens with one attached hydrogen (secondary N) is 2. The Morgan fingerprint density at radius 3 is 2.67 bits per heavy atom. The van der Waals surface area contributed by atoms with Gasteiger partial charge in [-0.15, -0.1) is 10.2 Å². The molecule has 174 valence electrons. The predicted molar refractivity (Wildman–Crippen MR) is 116 cm³/mol. The Balaban J connectivity index is 1.77. The van der Waals surface area contributed by atoms with Gasteiger partial charge in [0.1, 0.15) is 17.9 Å². The molecule has 0 aliphatic carbocycles. The molecule has 0 fully saturated rings. The summed E-state index contributed by atoms with van der Waals surface area (Å²) in [6, 6.07) is 3.53. The standard InChI is InChI=1S/C18H14Cl2F3N7O2S/c1-9-6-25-27-16(9)30-8-26-28-17(30)15-14(4-10(19)7-24-15)29-33(31,32)11-2-3-13(20)12(5-11)18(21,22)23/h2-5,7-9,25,29H,6H2,1H3. The van der Waals surface area contributed by atoms with E-state index in [1.807, 2.05) is 6.92 Å². The zero-order chi connectivity index (χ0) is 24.0. The van der Waals surface area contributed by atoms with E-state index >= 15 is 0 Å². The zero-order valence-corrected chi connectivity index (χ0v) is 18.9. The van der Waals surface area contributed by atoms with Crippen LogP contribution in [-0.2, 0) is 16.2 Å². The molecule has 9 nitrogen and oxygen atoms in total. The summed E-state index contributed by atoms with van der Waals surface area (Å²) in [4.78, 5) is 3.52. The fourth-order valence-corrected chi connectivity index (χ4v) is 4.57. The first-order valence-electron chi connectivity index (χ1n) is 9.23. The van der Waals surface area contributed by atoms with Gasteiger partial charge < -0.3 is 5.43 Å². The molecule has 1 aliphatic heterocycles. The van der Waals surface area contributed by atoms with E-state index in [9.17, 15) is 21.6 Å². The van der Waals surface area contributed by atoms with E-state index in [1.165, 1.54) is 23.2 Å². The highest BCUT2D eigenvalue weighted by atomic mass is 35.5.